The van der Waals surface area contributed by atoms with Crippen LogP contribution >= 0.6 is 11.3 Å². The van der Waals surface area contributed by atoms with E-state index >= 15 is 0 Å². The van der Waals surface area contributed by atoms with Crippen molar-refractivity contribution >= 4 is 17.0 Å². The van der Waals surface area contributed by atoms with Gasteiger partial charge in [0.2, 0.25) is 0 Å². The Morgan fingerprint density at radius 2 is 2.27 bits per heavy atom. The fraction of sp³-hybridized carbons (Fsp3) is 0.0833. The third kappa shape index (κ3) is 2.58. The standard InChI is InChI=1S/C12H10N2S/c13-7-10-2-1-3-11(6-10)8-14-12-4-5-15-9-12/h1-6,9,14H,8H2. The minimum absolute atomic E-state index is 0.708. The van der Waals surface area contributed by atoms with Crippen LogP contribution in [0.4, 0.5) is 5.69 Å². The third-order valence-corrected chi connectivity index (χ3v) is 2.76. The van der Waals surface area contributed by atoms with E-state index in [1.54, 1.807) is 11.3 Å². The second-order valence-electron chi connectivity index (χ2n) is 3.18. The molecule has 74 valence electrons. The monoisotopic (exact) mass is 214 g/mol. The fourth-order valence-electron chi connectivity index (χ4n) is 1.32. The number of anilines is 1. The molecule has 3 heteroatoms. The molecule has 1 N–H and O–H groups in total. The summed E-state index contributed by atoms with van der Waals surface area (Å²) in [6, 6.07) is 11.8. The molecule has 0 aliphatic rings. The van der Waals surface area contributed by atoms with Crippen LogP contribution in [0.5, 0.6) is 0 Å². The van der Waals surface area contributed by atoms with Crippen LogP contribution < -0.4 is 5.32 Å². The molecule has 2 nitrogen and oxygen atoms in total. The Morgan fingerprint density at radius 1 is 1.33 bits per heavy atom. The zero-order valence-corrected chi connectivity index (χ0v) is 8.92. The number of nitriles is 1. The summed E-state index contributed by atoms with van der Waals surface area (Å²) in [5.41, 5.74) is 2.96. The minimum Gasteiger partial charge on any atom is -0.380 e. The van der Waals surface area contributed by atoms with Crippen molar-refractivity contribution in [2.75, 3.05) is 5.32 Å². The maximum atomic E-state index is 8.75. The molecule has 0 fully saturated rings. The predicted molar refractivity (Wildman–Crippen MR) is 62.8 cm³/mol. The van der Waals surface area contributed by atoms with E-state index in [9.17, 15) is 0 Å². The molecular formula is C12H10N2S. The SMILES string of the molecule is N#Cc1cccc(CNc2ccsc2)c1. The quantitative estimate of drug-likeness (QED) is 0.851. The maximum Gasteiger partial charge on any atom is 0.0991 e. The molecule has 0 bridgehead atoms. The summed E-state index contributed by atoms with van der Waals surface area (Å²) >= 11 is 1.67. The van der Waals surface area contributed by atoms with Crippen molar-refractivity contribution in [1.29, 1.82) is 5.26 Å². The van der Waals surface area contributed by atoms with E-state index in [2.05, 4.69) is 16.8 Å². The molecule has 0 unspecified atom stereocenters. The maximum absolute atomic E-state index is 8.75. The molecule has 1 aromatic heterocycles. The van der Waals surface area contributed by atoms with Crippen LogP contribution in [-0.4, -0.2) is 0 Å². The fourth-order valence-corrected chi connectivity index (χ4v) is 1.93. The highest BCUT2D eigenvalue weighted by molar-refractivity contribution is 7.08. The molecular weight excluding hydrogens is 204 g/mol. The van der Waals surface area contributed by atoms with E-state index in [1.165, 1.54) is 0 Å². The van der Waals surface area contributed by atoms with Crippen LogP contribution in [0, 0.1) is 11.3 Å². The molecule has 0 aliphatic carbocycles. The first-order valence-electron chi connectivity index (χ1n) is 4.63. The van der Waals surface area contributed by atoms with E-state index in [0.29, 0.717) is 5.56 Å². The zero-order valence-electron chi connectivity index (χ0n) is 8.10. The van der Waals surface area contributed by atoms with Gasteiger partial charge < -0.3 is 5.32 Å². The van der Waals surface area contributed by atoms with Crippen LogP contribution in [0.1, 0.15) is 11.1 Å². The number of hydrogen-bond acceptors (Lipinski definition) is 3. The second kappa shape index (κ2) is 4.63. The lowest BCUT2D eigenvalue weighted by molar-refractivity contribution is 1.15. The molecule has 1 heterocycles. The summed E-state index contributed by atoms with van der Waals surface area (Å²) in [4.78, 5) is 0. The van der Waals surface area contributed by atoms with Gasteiger partial charge in [-0.05, 0) is 29.1 Å². The van der Waals surface area contributed by atoms with Gasteiger partial charge in [0.05, 0.1) is 11.6 Å². The molecule has 0 spiro atoms. The number of rotatable bonds is 3. The van der Waals surface area contributed by atoms with Gasteiger partial charge in [-0.15, -0.1) is 0 Å². The average molecular weight is 214 g/mol. The molecule has 1 aromatic carbocycles. The number of benzene rings is 1. The van der Waals surface area contributed by atoms with Gasteiger partial charge in [-0.1, -0.05) is 12.1 Å². The van der Waals surface area contributed by atoms with Crippen LogP contribution in [0.25, 0.3) is 0 Å². The summed E-state index contributed by atoms with van der Waals surface area (Å²) in [5, 5.41) is 16.1. The molecule has 0 saturated heterocycles. The summed E-state index contributed by atoms with van der Waals surface area (Å²) in [5.74, 6) is 0. The first kappa shape index (κ1) is 9.75. The van der Waals surface area contributed by atoms with E-state index in [-0.39, 0.29) is 0 Å². The largest absolute Gasteiger partial charge is 0.380 e. The molecule has 0 saturated carbocycles. The number of thiophene rings is 1. The van der Waals surface area contributed by atoms with Gasteiger partial charge >= 0.3 is 0 Å². The van der Waals surface area contributed by atoms with E-state index < -0.39 is 0 Å². The van der Waals surface area contributed by atoms with Gasteiger partial charge in [0.1, 0.15) is 0 Å². The second-order valence-corrected chi connectivity index (χ2v) is 3.96. The molecule has 2 rings (SSSR count). The third-order valence-electron chi connectivity index (χ3n) is 2.07. The van der Waals surface area contributed by atoms with Gasteiger partial charge in [-0.25, -0.2) is 0 Å². The van der Waals surface area contributed by atoms with Crippen molar-refractivity contribution in [3.05, 3.63) is 52.2 Å². The lowest BCUT2D eigenvalue weighted by Gasteiger charge is -2.03. The number of nitrogens with one attached hydrogen (secondary N) is 1. The van der Waals surface area contributed by atoms with Gasteiger partial charge in [0, 0.05) is 17.6 Å². The topological polar surface area (TPSA) is 35.8 Å². The van der Waals surface area contributed by atoms with Crippen molar-refractivity contribution in [3.8, 4) is 6.07 Å². The summed E-state index contributed by atoms with van der Waals surface area (Å²) in [6.07, 6.45) is 0. The highest BCUT2D eigenvalue weighted by Gasteiger charge is 1.95. The average Bonchev–Trinajstić information content (AvgIpc) is 2.79. The number of nitrogens with zero attached hydrogens (tertiary/aromatic N) is 1. The smallest absolute Gasteiger partial charge is 0.0991 e. The van der Waals surface area contributed by atoms with Gasteiger partial charge in [0.25, 0.3) is 0 Å². The Bertz CT molecular complexity index is 469. The van der Waals surface area contributed by atoms with Crippen LogP contribution in [0.15, 0.2) is 41.1 Å². The first-order valence-corrected chi connectivity index (χ1v) is 5.58. The summed E-state index contributed by atoms with van der Waals surface area (Å²) in [6.45, 7) is 0.756. The van der Waals surface area contributed by atoms with Crippen molar-refractivity contribution in [2.24, 2.45) is 0 Å². The predicted octanol–water partition coefficient (Wildman–Crippen LogP) is 3.23. The van der Waals surface area contributed by atoms with Crippen molar-refractivity contribution < 1.29 is 0 Å². The molecule has 0 radical (unpaired) electrons. The Balaban J connectivity index is 2.02. The Morgan fingerprint density at radius 3 is 3.00 bits per heavy atom. The molecule has 0 aliphatic heterocycles. The lowest BCUT2D eigenvalue weighted by atomic mass is 10.1. The molecule has 0 amide bonds. The van der Waals surface area contributed by atoms with Gasteiger partial charge in [0.15, 0.2) is 0 Å². The van der Waals surface area contributed by atoms with Crippen molar-refractivity contribution in [3.63, 3.8) is 0 Å². The Kier molecular flexibility index (Phi) is 3.01. The van der Waals surface area contributed by atoms with Crippen LogP contribution in [0.3, 0.4) is 0 Å². The van der Waals surface area contributed by atoms with Crippen molar-refractivity contribution in [2.45, 2.75) is 6.54 Å². The molecule has 0 atom stereocenters. The van der Waals surface area contributed by atoms with Crippen LogP contribution in [0.2, 0.25) is 0 Å². The molecule has 15 heavy (non-hydrogen) atoms. The highest BCUT2D eigenvalue weighted by Crippen LogP contribution is 2.13. The molecule has 2 aromatic rings. The minimum atomic E-state index is 0.708. The summed E-state index contributed by atoms with van der Waals surface area (Å²) in [7, 11) is 0. The summed E-state index contributed by atoms with van der Waals surface area (Å²) < 4.78 is 0. The van der Waals surface area contributed by atoms with E-state index in [1.807, 2.05) is 35.7 Å². The van der Waals surface area contributed by atoms with Gasteiger partial charge in [-0.2, -0.15) is 16.6 Å². The lowest BCUT2D eigenvalue weighted by Crippen LogP contribution is -1.98. The number of hydrogen-bond donors (Lipinski definition) is 1. The van der Waals surface area contributed by atoms with E-state index in [4.69, 9.17) is 5.26 Å². The van der Waals surface area contributed by atoms with Gasteiger partial charge in [-0.3, -0.25) is 0 Å². The first-order chi connectivity index (χ1) is 7.38. The Hall–Kier alpha value is -1.79. The Labute approximate surface area is 92.8 Å². The highest BCUT2D eigenvalue weighted by atomic mass is 32.1. The zero-order chi connectivity index (χ0) is 10.5. The van der Waals surface area contributed by atoms with Crippen molar-refractivity contribution in [1.82, 2.24) is 0 Å². The van der Waals surface area contributed by atoms with E-state index in [0.717, 1.165) is 17.8 Å². The van der Waals surface area contributed by atoms with Crippen LogP contribution in [-0.2, 0) is 6.54 Å². The normalized spacial score (nSPS) is 9.53.